The standard InChI is InChI=1S/C38H45FN4O5/c1-23(24-12-14-25(15-13-24)28-8-5-6-10-31(28)39)41-35(45)32-20-26(44)21-42(32)37(47)34(38(2,3)4)43-22-30-29(36(43)46)9-7-11-33(30)48-27-16-18-40-19-17-27/h5-15,23,26-27,32,34,40,44H,16-22H2,1-4H3,(H,41,45)/t23-,26+,32-,34+/m0/s1. The van der Waals surface area contributed by atoms with E-state index in [2.05, 4.69) is 10.6 Å². The lowest BCUT2D eigenvalue weighted by Crippen LogP contribution is -2.58. The first kappa shape index (κ1) is 33.6. The average molecular weight is 657 g/mol. The molecule has 9 nitrogen and oxygen atoms in total. The van der Waals surface area contributed by atoms with Crippen LogP contribution in [0.4, 0.5) is 4.39 Å². The second-order valence-corrected chi connectivity index (χ2v) is 14.3. The summed E-state index contributed by atoms with van der Waals surface area (Å²) in [5.74, 6) is -0.646. The predicted octanol–water partition coefficient (Wildman–Crippen LogP) is 4.83. The van der Waals surface area contributed by atoms with Crippen LogP contribution in [0.15, 0.2) is 66.7 Å². The van der Waals surface area contributed by atoms with Crippen molar-refractivity contribution in [2.24, 2.45) is 5.41 Å². The number of rotatable bonds is 8. The van der Waals surface area contributed by atoms with Crippen LogP contribution in [-0.4, -0.2) is 76.6 Å². The Morgan fingerprint density at radius 2 is 1.69 bits per heavy atom. The van der Waals surface area contributed by atoms with Gasteiger partial charge < -0.3 is 30.3 Å². The van der Waals surface area contributed by atoms with Crippen molar-refractivity contribution >= 4 is 17.7 Å². The first-order chi connectivity index (χ1) is 22.9. The molecule has 0 bridgehead atoms. The summed E-state index contributed by atoms with van der Waals surface area (Å²) < 4.78 is 20.7. The van der Waals surface area contributed by atoms with Gasteiger partial charge in [0.05, 0.1) is 18.7 Å². The van der Waals surface area contributed by atoms with E-state index in [1.807, 2.05) is 64.1 Å². The van der Waals surface area contributed by atoms with Crippen molar-refractivity contribution in [3.8, 4) is 16.9 Å². The topological polar surface area (TPSA) is 111 Å². The summed E-state index contributed by atoms with van der Waals surface area (Å²) in [6, 6.07) is 17.1. The Kier molecular flexibility index (Phi) is 9.58. The van der Waals surface area contributed by atoms with Crippen molar-refractivity contribution in [2.45, 2.75) is 83.8 Å². The molecule has 0 spiro atoms. The molecule has 10 heteroatoms. The minimum Gasteiger partial charge on any atom is -0.490 e. The van der Waals surface area contributed by atoms with Gasteiger partial charge >= 0.3 is 0 Å². The monoisotopic (exact) mass is 656 g/mol. The quantitative estimate of drug-likeness (QED) is 0.321. The van der Waals surface area contributed by atoms with E-state index < -0.39 is 29.6 Å². The molecule has 3 aromatic carbocycles. The minimum atomic E-state index is -0.906. The zero-order chi connectivity index (χ0) is 34.2. The number of aliphatic hydroxyl groups excluding tert-OH is 1. The van der Waals surface area contributed by atoms with Gasteiger partial charge in [0.1, 0.15) is 29.8 Å². The van der Waals surface area contributed by atoms with Gasteiger partial charge in [-0.25, -0.2) is 4.39 Å². The van der Waals surface area contributed by atoms with Crippen LogP contribution in [0, 0.1) is 11.2 Å². The van der Waals surface area contributed by atoms with Gasteiger partial charge in [0, 0.05) is 29.7 Å². The molecule has 48 heavy (non-hydrogen) atoms. The Hall–Kier alpha value is -4.28. The number of ether oxygens (including phenoxy) is 1. The highest BCUT2D eigenvalue weighted by atomic mass is 19.1. The number of carbonyl (C=O) groups is 3. The molecule has 2 fully saturated rings. The average Bonchev–Trinajstić information content (AvgIpc) is 3.61. The summed E-state index contributed by atoms with van der Waals surface area (Å²) >= 11 is 0. The number of nitrogens with zero attached hydrogens (tertiary/aromatic N) is 2. The van der Waals surface area contributed by atoms with Crippen molar-refractivity contribution < 1.29 is 28.6 Å². The van der Waals surface area contributed by atoms with Crippen molar-refractivity contribution in [3.05, 3.63) is 89.2 Å². The fourth-order valence-corrected chi connectivity index (χ4v) is 7.21. The van der Waals surface area contributed by atoms with Crippen LogP contribution in [0.3, 0.4) is 0 Å². The first-order valence-corrected chi connectivity index (χ1v) is 16.9. The number of aliphatic hydroxyl groups is 1. The number of carbonyl (C=O) groups excluding carboxylic acids is 3. The Labute approximate surface area is 281 Å². The molecule has 6 rings (SSSR count). The molecule has 254 valence electrons. The third-order valence-electron chi connectivity index (χ3n) is 9.72. The second kappa shape index (κ2) is 13.7. The normalized spacial score (nSPS) is 21.2. The maximum atomic E-state index is 14.5. The molecule has 3 amide bonds. The number of hydrogen-bond donors (Lipinski definition) is 3. The van der Waals surface area contributed by atoms with E-state index in [1.165, 1.54) is 11.0 Å². The molecule has 0 radical (unpaired) electrons. The number of benzene rings is 3. The number of β-amino-alcohol motifs (C(OH)–C–C–N with tert-alkyl or cyclic N) is 1. The number of likely N-dealkylation sites (tertiary alicyclic amines) is 1. The van der Waals surface area contributed by atoms with Crippen LogP contribution in [0.5, 0.6) is 5.75 Å². The zero-order valence-electron chi connectivity index (χ0n) is 28.0. The molecular formula is C38H45FN4O5. The molecule has 0 aromatic heterocycles. The highest BCUT2D eigenvalue weighted by Gasteiger charge is 2.49. The number of nitrogens with one attached hydrogen (secondary N) is 2. The highest BCUT2D eigenvalue weighted by Crippen LogP contribution is 2.38. The summed E-state index contributed by atoms with van der Waals surface area (Å²) in [4.78, 5) is 45.1. The molecule has 4 atom stereocenters. The predicted molar refractivity (Wildman–Crippen MR) is 181 cm³/mol. The highest BCUT2D eigenvalue weighted by molar-refractivity contribution is 6.02. The van der Waals surface area contributed by atoms with Gasteiger partial charge in [-0.2, -0.15) is 0 Å². The maximum Gasteiger partial charge on any atom is 0.255 e. The molecular weight excluding hydrogens is 611 g/mol. The molecule has 0 saturated carbocycles. The lowest BCUT2D eigenvalue weighted by Gasteiger charge is -2.40. The van der Waals surface area contributed by atoms with Crippen molar-refractivity contribution in [1.82, 2.24) is 20.4 Å². The molecule has 3 aliphatic heterocycles. The van der Waals surface area contributed by atoms with Crippen molar-refractivity contribution in [2.75, 3.05) is 19.6 Å². The van der Waals surface area contributed by atoms with Crippen LogP contribution in [0.25, 0.3) is 11.1 Å². The second-order valence-electron chi connectivity index (χ2n) is 14.3. The summed E-state index contributed by atoms with van der Waals surface area (Å²) in [5.41, 5.74) is 2.65. The summed E-state index contributed by atoms with van der Waals surface area (Å²) in [6.45, 7) is 9.54. The van der Waals surface area contributed by atoms with Gasteiger partial charge in [-0.15, -0.1) is 0 Å². The first-order valence-electron chi connectivity index (χ1n) is 16.9. The summed E-state index contributed by atoms with van der Waals surface area (Å²) in [6.07, 6.45) is 1.03. The van der Waals surface area contributed by atoms with E-state index in [9.17, 15) is 23.9 Å². The summed E-state index contributed by atoms with van der Waals surface area (Å²) in [7, 11) is 0. The van der Waals surface area contributed by atoms with E-state index in [1.54, 1.807) is 29.2 Å². The van der Waals surface area contributed by atoms with Gasteiger partial charge in [-0.3, -0.25) is 14.4 Å². The lowest BCUT2D eigenvalue weighted by molar-refractivity contribution is -0.145. The minimum absolute atomic E-state index is 0.00568. The van der Waals surface area contributed by atoms with Crippen LogP contribution in [-0.2, 0) is 16.1 Å². The third kappa shape index (κ3) is 6.82. The third-order valence-corrected chi connectivity index (χ3v) is 9.72. The largest absolute Gasteiger partial charge is 0.490 e. The molecule has 3 N–H and O–H groups in total. The molecule has 3 heterocycles. The Balaban J connectivity index is 1.18. The number of fused-ring (bicyclic) bond motifs is 1. The van der Waals surface area contributed by atoms with Crippen molar-refractivity contribution in [3.63, 3.8) is 0 Å². The van der Waals surface area contributed by atoms with Crippen molar-refractivity contribution in [1.29, 1.82) is 0 Å². The SMILES string of the molecule is C[C@H](NC(=O)[C@@H]1C[C@@H](O)CN1C(=O)[C@@H](N1Cc2c(OC3CCNCC3)cccc2C1=O)C(C)(C)C)c1ccc(-c2ccccc2F)cc1. The molecule has 3 aliphatic rings. The fraction of sp³-hybridized carbons (Fsp3) is 0.447. The fourth-order valence-electron chi connectivity index (χ4n) is 7.21. The van der Waals surface area contributed by atoms with E-state index in [0.717, 1.165) is 42.6 Å². The van der Waals surface area contributed by atoms with Gasteiger partial charge in [0.15, 0.2) is 0 Å². The van der Waals surface area contributed by atoms with E-state index in [4.69, 9.17) is 4.74 Å². The Bertz CT molecular complexity index is 1670. The number of amides is 3. The molecule has 2 saturated heterocycles. The number of piperidine rings is 1. The van der Waals surface area contributed by atoms with Crippen LogP contribution < -0.4 is 15.4 Å². The van der Waals surface area contributed by atoms with E-state index in [-0.39, 0.29) is 49.2 Å². The van der Waals surface area contributed by atoms with Gasteiger partial charge in [0.25, 0.3) is 5.91 Å². The van der Waals surface area contributed by atoms with Crippen LogP contribution >= 0.6 is 0 Å². The molecule has 3 aromatic rings. The number of hydrogen-bond acceptors (Lipinski definition) is 6. The van der Waals surface area contributed by atoms with E-state index >= 15 is 0 Å². The van der Waals surface area contributed by atoms with Gasteiger partial charge in [-0.1, -0.05) is 69.3 Å². The zero-order valence-corrected chi connectivity index (χ0v) is 28.0. The molecule has 0 unspecified atom stereocenters. The van der Waals surface area contributed by atoms with Gasteiger partial charge in [0.2, 0.25) is 11.8 Å². The van der Waals surface area contributed by atoms with Crippen LogP contribution in [0.1, 0.15) is 74.5 Å². The Morgan fingerprint density at radius 3 is 2.38 bits per heavy atom. The molecule has 0 aliphatic carbocycles. The van der Waals surface area contributed by atoms with Crippen LogP contribution in [0.2, 0.25) is 0 Å². The van der Waals surface area contributed by atoms with Gasteiger partial charge in [-0.05, 0) is 67.6 Å². The Morgan fingerprint density at radius 1 is 1.00 bits per heavy atom. The van der Waals surface area contributed by atoms with E-state index in [0.29, 0.717) is 16.9 Å². The lowest BCUT2D eigenvalue weighted by atomic mass is 9.84. The smallest absolute Gasteiger partial charge is 0.255 e. The summed E-state index contributed by atoms with van der Waals surface area (Å²) in [5, 5.41) is 17.1. The maximum absolute atomic E-state index is 14.5. The number of halogens is 1.